The van der Waals surface area contributed by atoms with Crippen LogP contribution in [0.25, 0.3) is 0 Å². The van der Waals surface area contributed by atoms with Crippen LogP contribution in [-0.4, -0.2) is 12.0 Å². The molecule has 1 aromatic heterocycles. The van der Waals surface area contributed by atoms with Gasteiger partial charge in [-0.2, -0.15) is 0 Å². The second kappa shape index (κ2) is 6.41. The maximum atomic E-state index is 14.0. The van der Waals surface area contributed by atoms with Crippen LogP contribution >= 0.6 is 15.9 Å². The van der Waals surface area contributed by atoms with Crippen molar-refractivity contribution in [3.63, 3.8) is 0 Å². The van der Waals surface area contributed by atoms with Gasteiger partial charge in [0.2, 0.25) is 0 Å². The van der Waals surface area contributed by atoms with Gasteiger partial charge in [0, 0.05) is 24.0 Å². The molecule has 1 unspecified atom stereocenters. The monoisotopic (exact) mass is 340 g/mol. The number of halogens is 3. The van der Waals surface area contributed by atoms with Gasteiger partial charge in [-0.1, -0.05) is 6.07 Å². The van der Waals surface area contributed by atoms with Crippen molar-refractivity contribution in [3.05, 3.63) is 63.4 Å². The Balaban J connectivity index is 2.34. The van der Waals surface area contributed by atoms with Crippen molar-refractivity contribution in [3.8, 4) is 0 Å². The molecule has 2 rings (SSSR count). The van der Waals surface area contributed by atoms with E-state index in [1.807, 2.05) is 13.0 Å². The molecule has 20 heavy (non-hydrogen) atoms. The topological polar surface area (TPSA) is 24.9 Å². The van der Waals surface area contributed by atoms with Gasteiger partial charge < -0.3 is 5.32 Å². The first kappa shape index (κ1) is 15.1. The van der Waals surface area contributed by atoms with E-state index in [4.69, 9.17) is 0 Å². The Bertz CT molecular complexity index is 617. The van der Waals surface area contributed by atoms with Crippen molar-refractivity contribution >= 4 is 15.9 Å². The molecule has 5 heteroatoms. The number of rotatable bonds is 4. The Morgan fingerprint density at radius 2 is 2.05 bits per heavy atom. The quantitative estimate of drug-likeness (QED) is 0.853. The molecule has 0 spiro atoms. The first-order chi connectivity index (χ1) is 9.52. The Morgan fingerprint density at radius 3 is 2.70 bits per heavy atom. The van der Waals surface area contributed by atoms with Crippen LogP contribution < -0.4 is 5.32 Å². The van der Waals surface area contributed by atoms with Gasteiger partial charge in [-0.3, -0.25) is 4.98 Å². The van der Waals surface area contributed by atoms with Crippen LogP contribution in [0.3, 0.4) is 0 Å². The first-order valence-corrected chi connectivity index (χ1v) is 7.03. The molecule has 0 saturated heterocycles. The largest absolute Gasteiger partial charge is 0.313 e. The molecule has 0 saturated carbocycles. The minimum atomic E-state index is -0.550. The number of benzene rings is 1. The van der Waals surface area contributed by atoms with Gasteiger partial charge in [-0.15, -0.1) is 0 Å². The average molecular weight is 341 g/mol. The SMILES string of the molecule is CNC(Cc1c(F)ccc(Br)c1F)c1cncc(C)c1. The average Bonchev–Trinajstić information content (AvgIpc) is 2.43. The zero-order chi connectivity index (χ0) is 14.7. The number of pyridine rings is 1. The summed E-state index contributed by atoms with van der Waals surface area (Å²) >= 11 is 3.09. The van der Waals surface area contributed by atoms with E-state index in [1.165, 1.54) is 12.1 Å². The first-order valence-electron chi connectivity index (χ1n) is 6.24. The summed E-state index contributed by atoms with van der Waals surface area (Å²) in [7, 11) is 1.76. The van der Waals surface area contributed by atoms with E-state index in [1.54, 1.807) is 19.4 Å². The third kappa shape index (κ3) is 3.22. The van der Waals surface area contributed by atoms with E-state index < -0.39 is 11.6 Å². The Labute approximate surface area is 125 Å². The highest BCUT2D eigenvalue weighted by molar-refractivity contribution is 9.10. The Morgan fingerprint density at radius 1 is 1.30 bits per heavy atom. The van der Waals surface area contributed by atoms with Crippen molar-refractivity contribution in [1.29, 1.82) is 0 Å². The molecular formula is C15H15BrF2N2. The highest BCUT2D eigenvalue weighted by Crippen LogP contribution is 2.26. The lowest BCUT2D eigenvalue weighted by Crippen LogP contribution is -2.20. The normalized spacial score (nSPS) is 12.4. The van der Waals surface area contributed by atoms with Gasteiger partial charge in [0.25, 0.3) is 0 Å². The third-order valence-electron chi connectivity index (χ3n) is 3.19. The van der Waals surface area contributed by atoms with E-state index in [0.717, 1.165) is 11.1 Å². The molecule has 0 amide bonds. The van der Waals surface area contributed by atoms with Crippen molar-refractivity contribution < 1.29 is 8.78 Å². The van der Waals surface area contributed by atoms with Crippen LogP contribution in [0.1, 0.15) is 22.7 Å². The van der Waals surface area contributed by atoms with Crippen LogP contribution in [0.4, 0.5) is 8.78 Å². The molecule has 1 atom stereocenters. The molecule has 0 bridgehead atoms. The molecule has 0 aliphatic carbocycles. The van der Waals surface area contributed by atoms with Gasteiger partial charge in [0.05, 0.1) is 4.47 Å². The number of hydrogen-bond donors (Lipinski definition) is 1. The molecular weight excluding hydrogens is 326 g/mol. The van der Waals surface area contributed by atoms with Gasteiger partial charge in [0.15, 0.2) is 0 Å². The number of nitrogens with one attached hydrogen (secondary N) is 1. The number of hydrogen-bond acceptors (Lipinski definition) is 2. The van der Waals surface area contributed by atoms with Crippen molar-refractivity contribution in [1.82, 2.24) is 10.3 Å². The van der Waals surface area contributed by atoms with Gasteiger partial charge in [-0.25, -0.2) is 8.78 Å². The van der Waals surface area contributed by atoms with Crippen LogP contribution in [-0.2, 0) is 6.42 Å². The Hall–Kier alpha value is -1.33. The summed E-state index contributed by atoms with van der Waals surface area (Å²) in [6.07, 6.45) is 3.68. The lowest BCUT2D eigenvalue weighted by Gasteiger charge is -2.18. The lowest BCUT2D eigenvalue weighted by atomic mass is 9.98. The molecule has 0 aliphatic rings. The number of likely N-dealkylation sites (N-methyl/N-ethyl adjacent to an activating group) is 1. The zero-order valence-corrected chi connectivity index (χ0v) is 12.8. The van der Waals surface area contributed by atoms with Crippen LogP contribution in [0, 0.1) is 18.6 Å². The predicted molar refractivity (Wildman–Crippen MR) is 78.5 cm³/mol. The van der Waals surface area contributed by atoms with Gasteiger partial charge in [0.1, 0.15) is 11.6 Å². The summed E-state index contributed by atoms with van der Waals surface area (Å²) in [5.41, 5.74) is 1.99. The zero-order valence-electron chi connectivity index (χ0n) is 11.3. The fourth-order valence-electron chi connectivity index (χ4n) is 2.12. The van der Waals surface area contributed by atoms with E-state index in [0.29, 0.717) is 0 Å². The highest BCUT2D eigenvalue weighted by Gasteiger charge is 2.18. The molecule has 0 fully saturated rings. The molecule has 2 nitrogen and oxygen atoms in total. The number of aryl methyl sites for hydroxylation is 1. The standard InChI is InChI=1S/C15H15BrF2N2/c1-9-5-10(8-20-7-9)14(19-2)6-11-13(17)4-3-12(16)15(11)18/h3-5,7-8,14,19H,6H2,1-2H3. The molecule has 2 aromatic rings. The minimum Gasteiger partial charge on any atom is -0.313 e. The van der Waals surface area contributed by atoms with Crippen LogP contribution in [0.2, 0.25) is 0 Å². The van der Waals surface area contributed by atoms with Crippen molar-refractivity contribution in [2.45, 2.75) is 19.4 Å². The third-order valence-corrected chi connectivity index (χ3v) is 3.81. The summed E-state index contributed by atoms with van der Waals surface area (Å²) < 4.78 is 28.1. The Kier molecular flexibility index (Phi) is 4.83. The summed E-state index contributed by atoms with van der Waals surface area (Å²) in [5.74, 6) is -1.09. The van der Waals surface area contributed by atoms with Gasteiger partial charge in [-0.05, 0) is 59.6 Å². The maximum absolute atomic E-state index is 14.0. The van der Waals surface area contributed by atoms with E-state index in [2.05, 4.69) is 26.2 Å². The van der Waals surface area contributed by atoms with Crippen LogP contribution in [0.5, 0.6) is 0 Å². The summed E-state index contributed by atoms with van der Waals surface area (Å²) in [5, 5.41) is 3.08. The van der Waals surface area contributed by atoms with E-state index in [9.17, 15) is 8.78 Å². The van der Waals surface area contributed by atoms with Crippen molar-refractivity contribution in [2.75, 3.05) is 7.05 Å². The molecule has 1 aromatic carbocycles. The smallest absolute Gasteiger partial charge is 0.143 e. The fraction of sp³-hybridized carbons (Fsp3) is 0.267. The predicted octanol–water partition coefficient (Wildman–Crippen LogP) is 3.93. The second-order valence-corrected chi connectivity index (χ2v) is 5.52. The summed E-state index contributed by atoms with van der Waals surface area (Å²) in [4.78, 5) is 4.12. The lowest BCUT2D eigenvalue weighted by molar-refractivity contribution is 0.512. The highest BCUT2D eigenvalue weighted by atomic mass is 79.9. The summed E-state index contributed by atoms with van der Waals surface area (Å²) in [6, 6.07) is 4.41. The van der Waals surface area contributed by atoms with Crippen LogP contribution in [0.15, 0.2) is 35.1 Å². The fourth-order valence-corrected chi connectivity index (χ4v) is 2.49. The molecule has 106 valence electrons. The molecule has 0 radical (unpaired) electrons. The maximum Gasteiger partial charge on any atom is 0.143 e. The molecule has 1 N–H and O–H groups in total. The van der Waals surface area contributed by atoms with E-state index in [-0.39, 0.29) is 22.5 Å². The molecule has 1 heterocycles. The van der Waals surface area contributed by atoms with Crippen molar-refractivity contribution in [2.24, 2.45) is 0 Å². The second-order valence-electron chi connectivity index (χ2n) is 4.66. The number of nitrogens with zero attached hydrogens (tertiary/aromatic N) is 1. The van der Waals surface area contributed by atoms with E-state index >= 15 is 0 Å². The van der Waals surface area contributed by atoms with Gasteiger partial charge >= 0.3 is 0 Å². The summed E-state index contributed by atoms with van der Waals surface area (Å²) in [6.45, 7) is 1.93. The number of aromatic nitrogens is 1. The minimum absolute atomic E-state index is 0.0697. The molecule has 0 aliphatic heterocycles.